The van der Waals surface area contributed by atoms with Crippen LogP contribution in [0.2, 0.25) is 0 Å². The van der Waals surface area contributed by atoms with Gasteiger partial charge in [-0.1, -0.05) is 30.3 Å². The van der Waals surface area contributed by atoms with E-state index in [1.807, 2.05) is 24.3 Å². The Balaban J connectivity index is 1.70. The van der Waals surface area contributed by atoms with Crippen molar-refractivity contribution in [2.75, 3.05) is 5.32 Å². The van der Waals surface area contributed by atoms with Gasteiger partial charge in [-0.2, -0.15) is 0 Å². The number of rotatable bonds is 3. The molecule has 0 radical (unpaired) electrons. The zero-order valence-electron chi connectivity index (χ0n) is 12.9. The van der Waals surface area contributed by atoms with Gasteiger partial charge in [0.1, 0.15) is 11.5 Å². The number of hydrogen-bond acceptors (Lipinski definition) is 4. The lowest BCUT2D eigenvalue weighted by Crippen LogP contribution is -2.03. The smallest absolute Gasteiger partial charge is 0.270 e. The van der Waals surface area contributed by atoms with E-state index in [1.165, 1.54) is 12.1 Å². The van der Waals surface area contributed by atoms with Gasteiger partial charge in [0.15, 0.2) is 0 Å². The molecule has 3 aromatic rings. The lowest BCUT2D eigenvalue weighted by molar-refractivity contribution is -0.384. The summed E-state index contributed by atoms with van der Waals surface area (Å²) >= 11 is 0. The Hall–Kier alpha value is -3.67. The van der Waals surface area contributed by atoms with Gasteiger partial charge < -0.3 is 9.73 Å². The van der Waals surface area contributed by atoms with E-state index in [2.05, 4.69) is 5.32 Å². The van der Waals surface area contributed by atoms with Gasteiger partial charge in [-0.15, -0.1) is 0 Å². The highest BCUT2D eigenvalue weighted by molar-refractivity contribution is 6.34. The molecule has 122 valence electrons. The number of anilines is 1. The number of furan rings is 1. The number of fused-ring (bicyclic) bond motifs is 1. The van der Waals surface area contributed by atoms with Crippen molar-refractivity contribution in [3.8, 4) is 11.3 Å². The van der Waals surface area contributed by atoms with Crippen LogP contribution < -0.4 is 5.32 Å². The first-order valence-electron chi connectivity index (χ1n) is 7.59. The van der Waals surface area contributed by atoms with Crippen LogP contribution in [0.25, 0.3) is 23.0 Å². The van der Waals surface area contributed by atoms with Crippen LogP contribution in [0.3, 0.4) is 0 Å². The average molecular weight is 332 g/mol. The van der Waals surface area contributed by atoms with Crippen molar-refractivity contribution in [3.05, 3.63) is 82.1 Å². The van der Waals surface area contributed by atoms with Gasteiger partial charge in [0.25, 0.3) is 11.6 Å². The molecule has 0 atom stereocenters. The van der Waals surface area contributed by atoms with Crippen molar-refractivity contribution in [2.45, 2.75) is 0 Å². The monoisotopic (exact) mass is 332 g/mol. The molecule has 2 heterocycles. The third-order valence-corrected chi connectivity index (χ3v) is 3.96. The number of amides is 1. The van der Waals surface area contributed by atoms with Crippen molar-refractivity contribution >= 4 is 28.9 Å². The summed E-state index contributed by atoms with van der Waals surface area (Å²) < 4.78 is 5.75. The first-order chi connectivity index (χ1) is 12.1. The molecule has 0 spiro atoms. The number of nitro benzene ring substituents is 1. The lowest BCUT2D eigenvalue weighted by atomic mass is 10.1. The summed E-state index contributed by atoms with van der Waals surface area (Å²) in [6.45, 7) is 0. The quantitative estimate of drug-likeness (QED) is 0.439. The molecule has 4 rings (SSSR count). The van der Waals surface area contributed by atoms with Gasteiger partial charge in [0, 0.05) is 28.9 Å². The predicted molar refractivity (Wildman–Crippen MR) is 93.7 cm³/mol. The van der Waals surface area contributed by atoms with Gasteiger partial charge in [0.2, 0.25) is 0 Å². The zero-order valence-corrected chi connectivity index (χ0v) is 12.9. The number of hydrogen-bond donors (Lipinski definition) is 1. The maximum Gasteiger partial charge on any atom is 0.270 e. The van der Waals surface area contributed by atoms with Crippen LogP contribution in [-0.4, -0.2) is 10.8 Å². The van der Waals surface area contributed by atoms with Crippen LogP contribution in [-0.2, 0) is 4.79 Å². The van der Waals surface area contributed by atoms with Crippen LogP contribution in [0, 0.1) is 10.1 Å². The van der Waals surface area contributed by atoms with E-state index in [1.54, 1.807) is 30.3 Å². The van der Waals surface area contributed by atoms with E-state index in [0.717, 1.165) is 11.3 Å². The summed E-state index contributed by atoms with van der Waals surface area (Å²) in [6.07, 6.45) is 1.67. The molecule has 1 aliphatic rings. The zero-order chi connectivity index (χ0) is 17.4. The van der Waals surface area contributed by atoms with E-state index in [-0.39, 0.29) is 11.6 Å². The summed E-state index contributed by atoms with van der Waals surface area (Å²) in [4.78, 5) is 22.6. The van der Waals surface area contributed by atoms with Crippen molar-refractivity contribution in [1.29, 1.82) is 0 Å². The topological polar surface area (TPSA) is 85.4 Å². The van der Waals surface area contributed by atoms with Gasteiger partial charge in [-0.3, -0.25) is 14.9 Å². The number of nitrogens with one attached hydrogen (secondary N) is 1. The van der Waals surface area contributed by atoms with Gasteiger partial charge in [0.05, 0.1) is 10.5 Å². The summed E-state index contributed by atoms with van der Waals surface area (Å²) in [5.74, 6) is 0.820. The van der Waals surface area contributed by atoms with E-state index >= 15 is 0 Å². The maximum absolute atomic E-state index is 12.1. The molecule has 0 aliphatic carbocycles. The van der Waals surface area contributed by atoms with E-state index < -0.39 is 4.92 Å². The molecule has 0 unspecified atom stereocenters. The number of carbonyl (C=O) groups excluding carboxylic acids is 1. The Bertz CT molecular complexity index is 1030. The first kappa shape index (κ1) is 14.9. The van der Waals surface area contributed by atoms with Gasteiger partial charge >= 0.3 is 0 Å². The standard InChI is InChI=1S/C19H12N2O4/c22-19-16(15-6-1-2-7-17(15)20-19)11-14-8-9-18(25-14)12-4-3-5-13(10-12)21(23)24/h1-11H,(H,20,22)/b16-11-. The molecule has 1 N–H and O–H groups in total. The van der Waals surface area contributed by atoms with Crippen LogP contribution >= 0.6 is 0 Å². The molecule has 6 nitrogen and oxygen atoms in total. The Morgan fingerprint density at radius 3 is 2.72 bits per heavy atom. The molecule has 2 aromatic carbocycles. The molecule has 1 amide bonds. The first-order valence-corrected chi connectivity index (χ1v) is 7.59. The molecular weight excluding hydrogens is 320 g/mol. The molecule has 0 saturated heterocycles. The second kappa shape index (κ2) is 5.76. The minimum Gasteiger partial charge on any atom is -0.457 e. The molecule has 1 aliphatic heterocycles. The minimum absolute atomic E-state index is 0.00194. The van der Waals surface area contributed by atoms with E-state index in [9.17, 15) is 14.9 Å². The van der Waals surface area contributed by atoms with Crippen molar-refractivity contribution in [3.63, 3.8) is 0 Å². The fourth-order valence-electron chi connectivity index (χ4n) is 2.78. The van der Waals surface area contributed by atoms with Crippen molar-refractivity contribution < 1.29 is 14.1 Å². The normalized spacial score (nSPS) is 14.4. The highest BCUT2D eigenvalue weighted by Crippen LogP contribution is 2.34. The van der Waals surface area contributed by atoms with Crippen molar-refractivity contribution in [2.24, 2.45) is 0 Å². The highest BCUT2D eigenvalue weighted by atomic mass is 16.6. The number of non-ortho nitro benzene ring substituents is 1. The fourth-order valence-corrected chi connectivity index (χ4v) is 2.78. The Kier molecular flexibility index (Phi) is 3.43. The number of benzene rings is 2. The van der Waals surface area contributed by atoms with Crippen LogP contribution in [0.5, 0.6) is 0 Å². The van der Waals surface area contributed by atoms with Crippen molar-refractivity contribution in [1.82, 2.24) is 0 Å². The third kappa shape index (κ3) is 2.70. The molecule has 0 saturated carbocycles. The second-order valence-corrected chi connectivity index (χ2v) is 5.57. The maximum atomic E-state index is 12.1. The summed E-state index contributed by atoms with van der Waals surface area (Å²) in [5.41, 5.74) is 2.72. The summed E-state index contributed by atoms with van der Waals surface area (Å²) in [5, 5.41) is 13.7. The molecular formula is C19H12N2O4. The Morgan fingerprint density at radius 1 is 1.04 bits per heavy atom. The number of nitro groups is 1. The summed E-state index contributed by atoms with van der Waals surface area (Å²) in [7, 11) is 0. The summed E-state index contributed by atoms with van der Waals surface area (Å²) in [6, 6.07) is 17.1. The van der Waals surface area contributed by atoms with Crippen LogP contribution in [0.1, 0.15) is 11.3 Å². The fraction of sp³-hybridized carbons (Fsp3) is 0. The van der Waals surface area contributed by atoms with E-state index in [4.69, 9.17) is 4.42 Å². The third-order valence-electron chi connectivity index (χ3n) is 3.96. The number of nitrogens with zero attached hydrogens (tertiary/aromatic N) is 1. The second-order valence-electron chi connectivity index (χ2n) is 5.57. The predicted octanol–water partition coefficient (Wildman–Crippen LogP) is 4.35. The Morgan fingerprint density at radius 2 is 1.88 bits per heavy atom. The highest BCUT2D eigenvalue weighted by Gasteiger charge is 2.23. The Labute approximate surface area is 142 Å². The minimum atomic E-state index is -0.449. The number of carbonyl (C=O) groups is 1. The van der Waals surface area contributed by atoms with Gasteiger partial charge in [-0.05, 0) is 24.3 Å². The molecule has 1 aromatic heterocycles. The molecule has 25 heavy (non-hydrogen) atoms. The van der Waals surface area contributed by atoms with Gasteiger partial charge in [-0.25, -0.2) is 0 Å². The number of para-hydroxylation sites is 1. The molecule has 6 heteroatoms. The van der Waals surface area contributed by atoms with E-state index in [0.29, 0.717) is 22.7 Å². The largest absolute Gasteiger partial charge is 0.457 e. The average Bonchev–Trinajstić information content (AvgIpc) is 3.21. The molecule has 0 fully saturated rings. The SMILES string of the molecule is O=C1Nc2ccccc2/C1=C/c1ccc(-c2cccc([N+](=O)[O-])c2)o1. The van der Waals surface area contributed by atoms with Crippen LogP contribution in [0.15, 0.2) is 65.1 Å². The lowest BCUT2D eigenvalue weighted by Gasteiger charge is -1.98. The molecule has 0 bridgehead atoms. The van der Waals surface area contributed by atoms with Crippen LogP contribution in [0.4, 0.5) is 11.4 Å².